The average molecular weight is 451 g/mol. The van der Waals surface area contributed by atoms with Crippen LogP contribution in [0.2, 0.25) is 0 Å². The zero-order chi connectivity index (χ0) is 24.4. The van der Waals surface area contributed by atoms with Crippen molar-refractivity contribution in [2.24, 2.45) is 0 Å². The molecule has 32 heavy (non-hydrogen) atoms. The molecule has 2 atom stereocenters. The number of alkyl carbamates (subject to hydrolysis) is 1. The zero-order valence-corrected chi connectivity index (χ0v) is 19.8. The van der Waals surface area contributed by atoms with Gasteiger partial charge >= 0.3 is 6.09 Å². The molecule has 1 amide bonds. The molecular formula is C25H36F2N2O3. The number of nitrogens with one attached hydrogen (secondary N) is 2. The van der Waals surface area contributed by atoms with Crippen LogP contribution in [0.25, 0.3) is 0 Å². The number of aliphatic hydroxyl groups excluding tert-OH is 1. The Labute approximate surface area is 190 Å². The summed E-state index contributed by atoms with van der Waals surface area (Å²) in [6.45, 7) is 11.1. The van der Waals surface area contributed by atoms with Crippen molar-refractivity contribution in [1.82, 2.24) is 10.6 Å². The van der Waals surface area contributed by atoms with Crippen LogP contribution >= 0.6 is 0 Å². The molecule has 2 aromatic rings. The monoisotopic (exact) mass is 450 g/mol. The van der Waals surface area contributed by atoms with Crippen LogP contribution in [-0.2, 0) is 17.2 Å². The maximum Gasteiger partial charge on any atom is 0.408 e. The molecule has 0 radical (unpaired) electrons. The second-order valence-electron chi connectivity index (χ2n) is 8.30. The zero-order valence-electron chi connectivity index (χ0n) is 19.8. The summed E-state index contributed by atoms with van der Waals surface area (Å²) in [5, 5.41) is 15.7. The van der Waals surface area contributed by atoms with E-state index in [4.69, 9.17) is 4.74 Å². The van der Waals surface area contributed by atoms with Gasteiger partial charge in [-0.05, 0) is 33.3 Å². The Morgan fingerprint density at radius 2 is 1.69 bits per heavy atom. The van der Waals surface area contributed by atoms with Gasteiger partial charge in [0.25, 0.3) is 5.92 Å². The Bertz CT molecular complexity index is 823. The van der Waals surface area contributed by atoms with Gasteiger partial charge in [0.05, 0.1) is 6.10 Å². The number of hydrogen-bond acceptors (Lipinski definition) is 4. The minimum Gasteiger partial charge on any atom is -0.444 e. The van der Waals surface area contributed by atoms with Crippen LogP contribution in [0.5, 0.6) is 0 Å². The van der Waals surface area contributed by atoms with E-state index in [0.29, 0.717) is 6.54 Å². The molecule has 7 heteroatoms. The quantitative estimate of drug-likeness (QED) is 0.520. The van der Waals surface area contributed by atoms with Crippen molar-refractivity contribution < 1.29 is 23.4 Å². The normalized spacial score (nSPS) is 13.4. The summed E-state index contributed by atoms with van der Waals surface area (Å²) in [4.78, 5) is 12.2. The number of hydrogen-bond donors (Lipinski definition) is 3. The third-order valence-electron chi connectivity index (χ3n) is 4.37. The van der Waals surface area contributed by atoms with E-state index in [0.717, 1.165) is 11.1 Å². The van der Waals surface area contributed by atoms with Crippen LogP contribution < -0.4 is 10.6 Å². The van der Waals surface area contributed by atoms with Crippen LogP contribution in [0.4, 0.5) is 13.6 Å². The molecule has 2 aromatic carbocycles. The topological polar surface area (TPSA) is 70.6 Å². The molecule has 0 aliphatic rings. The Balaban J connectivity index is 0.00000249. The van der Waals surface area contributed by atoms with Crippen molar-refractivity contribution in [2.45, 2.75) is 71.8 Å². The minimum atomic E-state index is -3.51. The summed E-state index contributed by atoms with van der Waals surface area (Å²) in [5.41, 5.74) is 0.887. The van der Waals surface area contributed by atoms with Gasteiger partial charge in [-0.1, -0.05) is 74.0 Å². The SMILES string of the molecule is CC.Cc1cccc(CNCC(O)C(NC(=O)OC(C)(C)C)C(F)(F)c2ccccc2)c1. The molecule has 178 valence electrons. The van der Waals surface area contributed by atoms with Gasteiger partial charge in [0.2, 0.25) is 0 Å². The molecule has 5 nitrogen and oxygen atoms in total. The highest BCUT2D eigenvalue weighted by atomic mass is 19.3. The third-order valence-corrected chi connectivity index (χ3v) is 4.37. The predicted octanol–water partition coefficient (Wildman–Crippen LogP) is 5.16. The van der Waals surface area contributed by atoms with Crippen LogP contribution in [0.15, 0.2) is 54.6 Å². The fraction of sp³-hybridized carbons (Fsp3) is 0.480. The summed E-state index contributed by atoms with van der Waals surface area (Å²) < 4.78 is 35.5. The summed E-state index contributed by atoms with van der Waals surface area (Å²) in [7, 11) is 0. The Kier molecular flexibility index (Phi) is 10.8. The van der Waals surface area contributed by atoms with Crippen molar-refractivity contribution in [1.29, 1.82) is 0 Å². The highest BCUT2D eigenvalue weighted by Gasteiger charge is 2.46. The maximum absolute atomic E-state index is 15.2. The predicted molar refractivity (Wildman–Crippen MR) is 124 cm³/mol. The summed E-state index contributed by atoms with van der Waals surface area (Å²) >= 11 is 0. The van der Waals surface area contributed by atoms with Crippen molar-refractivity contribution in [3.63, 3.8) is 0 Å². The number of aliphatic hydroxyl groups is 1. The first-order valence-electron chi connectivity index (χ1n) is 10.9. The second-order valence-corrected chi connectivity index (χ2v) is 8.30. The largest absolute Gasteiger partial charge is 0.444 e. The molecule has 0 spiro atoms. The average Bonchev–Trinajstić information content (AvgIpc) is 2.73. The van der Waals surface area contributed by atoms with Gasteiger partial charge in [-0.3, -0.25) is 0 Å². The highest BCUT2D eigenvalue weighted by Crippen LogP contribution is 2.33. The van der Waals surface area contributed by atoms with Crippen molar-refractivity contribution >= 4 is 6.09 Å². The smallest absolute Gasteiger partial charge is 0.408 e. The van der Waals surface area contributed by atoms with Gasteiger partial charge in [0.1, 0.15) is 11.6 Å². The van der Waals surface area contributed by atoms with E-state index in [9.17, 15) is 9.90 Å². The molecular weight excluding hydrogens is 414 g/mol. The number of aryl methyl sites for hydroxylation is 1. The van der Waals surface area contributed by atoms with E-state index < -0.39 is 29.8 Å². The molecule has 0 bridgehead atoms. The molecule has 0 fully saturated rings. The van der Waals surface area contributed by atoms with Crippen LogP contribution in [-0.4, -0.2) is 35.5 Å². The number of rotatable bonds is 8. The van der Waals surface area contributed by atoms with Gasteiger partial charge in [0.15, 0.2) is 0 Å². The molecule has 2 rings (SSSR count). The number of alkyl halides is 2. The van der Waals surface area contributed by atoms with Crippen LogP contribution in [0, 0.1) is 6.92 Å². The molecule has 0 aliphatic heterocycles. The standard InChI is InChI=1S/C23H30F2N2O3.C2H6/c1-16-9-8-10-17(13-16)14-26-15-19(28)20(27-21(29)30-22(2,3)4)23(24,25)18-11-6-5-7-12-18;1-2/h5-13,19-20,26,28H,14-15H2,1-4H3,(H,27,29);1-2H3. The highest BCUT2D eigenvalue weighted by molar-refractivity contribution is 5.68. The first-order chi connectivity index (χ1) is 15.0. The fourth-order valence-corrected chi connectivity index (χ4v) is 3.01. The lowest BCUT2D eigenvalue weighted by Gasteiger charge is -2.32. The van der Waals surface area contributed by atoms with Gasteiger partial charge in [-0.25, -0.2) is 4.79 Å². The van der Waals surface area contributed by atoms with Gasteiger partial charge < -0.3 is 20.5 Å². The third kappa shape index (κ3) is 8.93. The summed E-state index contributed by atoms with van der Waals surface area (Å²) in [6.07, 6.45) is -2.57. The van der Waals surface area contributed by atoms with E-state index in [2.05, 4.69) is 10.6 Å². The van der Waals surface area contributed by atoms with E-state index in [1.54, 1.807) is 26.8 Å². The van der Waals surface area contributed by atoms with Crippen molar-refractivity contribution in [3.05, 3.63) is 71.3 Å². The first-order valence-corrected chi connectivity index (χ1v) is 10.9. The first kappa shape index (κ1) is 27.5. The van der Waals surface area contributed by atoms with E-state index >= 15 is 8.78 Å². The van der Waals surface area contributed by atoms with E-state index in [-0.39, 0.29) is 12.1 Å². The molecule has 2 unspecified atom stereocenters. The summed E-state index contributed by atoms with van der Waals surface area (Å²) in [5.74, 6) is -3.51. The maximum atomic E-state index is 15.2. The van der Waals surface area contributed by atoms with Crippen LogP contribution in [0.3, 0.4) is 0 Å². The minimum absolute atomic E-state index is 0.142. The van der Waals surface area contributed by atoms with E-state index in [1.807, 2.05) is 45.0 Å². The Morgan fingerprint density at radius 3 is 2.25 bits per heavy atom. The lowest BCUT2D eigenvalue weighted by Crippen LogP contribution is -2.56. The second kappa shape index (κ2) is 12.5. The van der Waals surface area contributed by atoms with Gasteiger partial charge in [0, 0.05) is 18.7 Å². The molecule has 3 N–H and O–H groups in total. The Hall–Kier alpha value is -2.51. The lowest BCUT2D eigenvalue weighted by molar-refractivity contribution is -0.0848. The number of halogens is 2. The Morgan fingerprint density at radius 1 is 1.06 bits per heavy atom. The lowest BCUT2D eigenvalue weighted by atomic mass is 9.96. The van der Waals surface area contributed by atoms with Crippen molar-refractivity contribution in [2.75, 3.05) is 6.54 Å². The number of benzene rings is 2. The van der Waals surface area contributed by atoms with Gasteiger partial charge in [-0.2, -0.15) is 8.78 Å². The molecule has 0 saturated heterocycles. The number of carbonyl (C=O) groups is 1. The molecule has 0 saturated carbocycles. The van der Waals surface area contributed by atoms with Crippen LogP contribution in [0.1, 0.15) is 51.3 Å². The molecule has 0 aliphatic carbocycles. The van der Waals surface area contributed by atoms with E-state index in [1.165, 1.54) is 24.3 Å². The van der Waals surface area contributed by atoms with Crippen molar-refractivity contribution in [3.8, 4) is 0 Å². The number of carbonyl (C=O) groups excluding carboxylic acids is 1. The summed E-state index contributed by atoms with van der Waals surface area (Å²) in [6, 6.07) is 13.0. The number of ether oxygens (including phenoxy) is 1. The number of amides is 1. The van der Waals surface area contributed by atoms with Gasteiger partial charge in [-0.15, -0.1) is 0 Å². The molecule has 0 heterocycles. The fourth-order valence-electron chi connectivity index (χ4n) is 3.01. The molecule has 0 aromatic heterocycles.